The summed E-state index contributed by atoms with van der Waals surface area (Å²) in [5.41, 5.74) is -0.468. The van der Waals surface area contributed by atoms with Gasteiger partial charge in [0.2, 0.25) is 5.91 Å². The smallest absolute Gasteiger partial charge is 0.410 e. The number of likely N-dealkylation sites (tertiary alicyclic amines) is 1. The van der Waals surface area contributed by atoms with Gasteiger partial charge in [0.15, 0.2) is 0 Å². The predicted molar refractivity (Wildman–Crippen MR) is 68.3 cm³/mol. The molecule has 0 aromatic heterocycles. The molecule has 1 fully saturated rings. The van der Waals surface area contributed by atoms with Gasteiger partial charge in [0, 0.05) is 26.2 Å². The average Bonchev–Trinajstić information content (AvgIpc) is 2.72. The number of hydrogen-bond donors (Lipinski definition) is 2. The summed E-state index contributed by atoms with van der Waals surface area (Å²) in [5.74, 6) is -0.0503. The quantitative estimate of drug-likeness (QED) is 0.764. The highest BCUT2D eigenvalue weighted by molar-refractivity contribution is 5.77. The molecular weight excluding hydrogens is 234 g/mol. The highest BCUT2D eigenvalue weighted by Crippen LogP contribution is 2.15. The Morgan fingerprint density at radius 2 is 2.06 bits per heavy atom. The molecule has 6 heteroatoms. The Kier molecular flexibility index (Phi) is 4.95. The Hall–Kier alpha value is -1.30. The number of rotatable bonds is 3. The number of amides is 2. The van der Waals surface area contributed by atoms with Crippen molar-refractivity contribution in [3.63, 3.8) is 0 Å². The molecule has 0 saturated carbocycles. The van der Waals surface area contributed by atoms with E-state index in [4.69, 9.17) is 4.74 Å². The zero-order valence-electron chi connectivity index (χ0n) is 11.6. The molecule has 1 heterocycles. The lowest BCUT2D eigenvalue weighted by molar-refractivity contribution is -0.119. The molecule has 0 aliphatic carbocycles. The maximum Gasteiger partial charge on any atom is 0.410 e. The molecule has 1 atom stereocenters. The van der Waals surface area contributed by atoms with Gasteiger partial charge < -0.3 is 20.3 Å². The van der Waals surface area contributed by atoms with Gasteiger partial charge in [-0.1, -0.05) is 0 Å². The summed E-state index contributed by atoms with van der Waals surface area (Å²) in [4.78, 5) is 24.6. The van der Waals surface area contributed by atoms with E-state index in [0.717, 1.165) is 6.42 Å². The van der Waals surface area contributed by atoms with E-state index in [1.54, 1.807) is 11.9 Å². The van der Waals surface area contributed by atoms with Crippen molar-refractivity contribution in [2.24, 2.45) is 0 Å². The predicted octanol–water partition coefficient (Wildman–Crippen LogP) is 0.331. The van der Waals surface area contributed by atoms with Gasteiger partial charge in [-0.05, 0) is 27.2 Å². The monoisotopic (exact) mass is 257 g/mol. The van der Waals surface area contributed by atoms with Gasteiger partial charge in [0.1, 0.15) is 5.60 Å². The van der Waals surface area contributed by atoms with Crippen molar-refractivity contribution in [3.05, 3.63) is 0 Å². The van der Waals surface area contributed by atoms with Crippen LogP contribution in [-0.2, 0) is 9.53 Å². The maximum atomic E-state index is 11.8. The second-order valence-corrected chi connectivity index (χ2v) is 5.47. The lowest BCUT2D eigenvalue weighted by Crippen LogP contribution is -2.41. The number of carbonyl (C=O) groups excluding carboxylic acids is 2. The molecule has 1 aliphatic heterocycles. The normalized spacial score (nSPS) is 19.8. The topological polar surface area (TPSA) is 70.7 Å². The Morgan fingerprint density at radius 3 is 2.61 bits per heavy atom. The minimum atomic E-state index is -0.468. The molecule has 2 N–H and O–H groups in total. The molecular formula is C12H23N3O3. The Labute approximate surface area is 108 Å². The van der Waals surface area contributed by atoms with Gasteiger partial charge in [-0.3, -0.25) is 4.79 Å². The van der Waals surface area contributed by atoms with Gasteiger partial charge in [-0.25, -0.2) is 4.79 Å². The number of ether oxygens (including phenoxy) is 1. The number of carbonyl (C=O) groups is 2. The molecule has 0 aromatic rings. The van der Waals surface area contributed by atoms with Crippen LogP contribution in [0.5, 0.6) is 0 Å². The van der Waals surface area contributed by atoms with Crippen molar-refractivity contribution >= 4 is 12.0 Å². The van der Waals surface area contributed by atoms with Gasteiger partial charge in [-0.15, -0.1) is 0 Å². The van der Waals surface area contributed by atoms with Crippen molar-refractivity contribution in [2.45, 2.75) is 38.8 Å². The van der Waals surface area contributed by atoms with Crippen molar-refractivity contribution in [3.8, 4) is 0 Å². The van der Waals surface area contributed by atoms with E-state index in [1.807, 2.05) is 20.8 Å². The van der Waals surface area contributed by atoms with E-state index in [0.29, 0.717) is 13.1 Å². The molecule has 6 nitrogen and oxygen atoms in total. The second kappa shape index (κ2) is 6.04. The van der Waals surface area contributed by atoms with Gasteiger partial charge in [-0.2, -0.15) is 0 Å². The largest absolute Gasteiger partial charge is 0.444 e. The number of nitrogens with zero attached hydrogens (tertiary/aromatic N) is 1. The first kappa shape index (κ1) is 14.8. The molecule has 1 rings (SSSR count). The maximum absolute atomic E-state index is 11.8. The molecule has 2 amide bonds. The molecule has 0 radical (unpaired) electrons. The third kappa shape index (κ3) is 4.91. The number of likely N-dealkylation sites (N-methyl/N-ethyl adjacent to an activating group) is 1. The van der Waals surface area contributed by atoms with Crippen LogP contribution in [0.1, 0.15) is 27.2 Å². The van der Waals surface area contributed by atoms with Crippen LogP contribution in [0, 0.1) is 0 Å². The number of hydrogen-bond acceptors (Lipinski definition) is 4. The van der Waals surface area contributed by atoms with Crippen LogP contribution in [0.15, 0.2) is 0 Å². The first-order valence-corrected chi connectivity index (χ1v) is 6.23. The Bertz CT molecular complexity index is 312. The summed E-state index contributed by atoms with van der Waals surface area (Å²) in [5, 5.41) is 5.67. The highest BCUT2D eigenvalue weighted by atomic mass is 16.6. The third-order valence-electron chi connectivity index (χ3n) is 2.67. The van der Waals surface area contributed by atoms with Crippen LogP contribution in [0.25, 0.3) is 0 Å². The van der Waals surface area contributed by atoms with Crippen LogP contribution in [0.3, 0.4) is 0 Å². The fraction of sp³-hybridized carbons (Fsp3) is 0.833. The van der Waals surface area contributed by atoms with Crippen LogP contribution in [0.4, 0.5) is 4.79 Å². The minimum absolute atomic E-state index is 0.0503. The second-order valence-electron chi connectivity index (χ2n) is 5.47. The van der Waals surface area contributed by atoms with Gasteiger partial charge >= 0.3 is 6.09 Å². The first-order chi connectivity index (χ1) is 8.31. The fourth-order valence-corrected chi connectivity index (χ4v) is 1.74. The molecule has 0 bridgehead atoms. The van der Waals surface area contributed by atoms with E-state index in [-0.39, 0.29) is 24.6 Å². The van der Waals surface area contributed by atoms with E-state index >= 15 is 0 Å². The molecule has 104 valence electrons. The molecule has 0 aromatic carbocycles. The zero-order valence-corrected chi connectivity index (χ0v) is 11.6. The van der Waals surface area contributed by atoms with Crippen LogP contribution < -0.4 is 10.6 Å². The lowest BCUT2D eigenvalue weighted by atomic mass is 10.2. The molecule has 1 unspecified atom stereocenters. The minimum Gasteiger partial charge on any atom is -0.444 e. The molecule has 1 aliphatic rings. The standard InChI is InChI=1S/C12H23N3O3/c1-12(2,3)18-11(17)15-6-5-9(8-15)14-7-10(16)13-4/h9,14H,5-8H2,1-4H3,(H,13,16). The molecule has 18 heavy (non-hydrogen) atoms. The van der Waals surface area contributed by atoms with Gasteiger partial charge in [0.05, 0.1) is 6.54 Å². The fourth-order valence-electron chi connectivity index (χ4n) is 1.74. The summed E-state index contributed by atoms with van der Waals surface area (Å²) >= 11 is 0. The van der Waals surface area contributed by atoms with Crippen molar-refractivity contribution in [1.29, 1.82) is 0 Å². The van der Waals surface area contributed by atoms with Gasteiger partial charge in [0.25, 0.3) is 0 Å². The van der Waals surface area contributed by atoms with Crippen LogP contribution in [0.2, 0.25) is 0 Å². The summed E-state index contributed by atoms with van der Waals surface area (Å²) in [7, 11) is 1.60. The summed E-state index contributed by atoms with van der Waals surface area (Å²) in [6.45, 7) is 7.09. The highest BCUT2D eigenvalue weighted by Gasteiger charge is 2.29. The lowest BCUT2D eigenvalue weighted by Gasteiger charge is -2.24. The van der Waals surface area contributed by atoms with E-state index in [9.17, 15) is 9.59 Å². The molecule has 0 spiro atoms. The van der Waals surface area contributed by atoms with Crippen molar-refractivity contribution in [1.82, 2.24) is 15.5 Å². The van der Waals surface area contributed by atoms with Crippen molar-refractivity contribution in [2.75, 3.05) is 26.7 Å². The van der Waals surface area contributed by atoms with Crippen LogP contribution >= 0.6 is 0 Å². The zero-order chi connectivity index (χ0) is 13.8. The number of nitrogens with one attached hydrogen (secondary N) is 2. The summed E-state index contributed by atoms with van der Waals surface area (Å²) in [6.07, 6.45) is 0.558. The SMILES string of the molecule is CNC(=O)CNC1CCN(C(=O)OC(C)(C)C)C1. The Morgan fingerprint density at radius 1 is 1.39 bits per heavy atom. The Balaban J connectivity index is 2.32. The first-order valence-electron chi connectivity index (χ1n) is 6.23. The average molecular weight is 257 g/mol. The van der Waals surface area contributed by atoms with Crippen LogP contribution in [-0.4, -0.2) is 55.2 Å². The van der Waals surface area contributed by atoms with E-state index < -0.39 is 5.60 Å². The third-order valence-corrected chi connectivity index (χ3v) is 2.67. The van der Waals surface area contributed by atoms with Crippen molar-refractivity contribution < 1.29 is 14.3 Å². The van der Waals surface area contributed by atoms with E-state index in [1.165, 1.54) is 0 Å². The molecule has 1 saturated heterocycles. The van der Waals surface area contributed by atoms with E-state index in [2.05, 4.69) is 10.6 Å². The summed E-state index contributed by atoms with van der Waals surface area (Å²) < 4.78 is 5.30. The summed E-state index contributed by atoms with van der Waals surface area (Å²) in [6, 6.07) is 0.162.